The fraction of sp³-hybridized carbons (Fsp3) is 0. The van der Waals surface area contributed by atoms with Crippen molar-refractivity contribution in [3.63, 3.8) is 0 Å². The minimum absolute atomic E-state index is 0.107. The molecule has 0 spiro atoms. The third kappa shape index (κ3) is 2.88. The predicted molar refractivity (Wildman–Crippen MR) is 81.9 cm³/mol. The number of carbonyl (C=O) groups excluding carboxylic acids is 1. The smallest absolute Gasteiger partial charge is 0.261 e. The molecule has 7 nitrogen and oxygen atoms in total. The van der Waals surface area contributed by atoms with E-state index in [-0.39, 0.29) is 17.3 Å². The number of nitrogens with zero attached hydrogens (tertiary/aromatic N) is 4. The van der Waals surface area contributed by atoms with E-state index in [9.17, 15) is 4.79 Å². The van der Waals surface area contributed by atoms with Gasteiger partial charge in [-0.25, -0.2) is 9.97 Å². The van der Waals surface area contributed by atoms with Crippen molar-refractivity contribution in [1.82, 2.24) is 19.9 Å². The highest BCUT2D eigenvalue weighted by molar-refractivity contribution is 6.07. The Kier molecular flexibility index (Phi) is 3.69. The summed E-state index contributed by atoms with van der Waals surface area (Å²) in [5, 5.41) is 2.68. The summed E-state index contributed by atoms with van der Waals surface area (Å²) in [4.78, 5) is 28.4. The Balaban J connectivity index is 1.85. The maximum absolute atomic E-state index is 12.2. The van der Waals surface area contributed by atoms with Crippen LogP contribution in [0, 0.1) is 0 Å². The highest BCUT2D eigenvalue weighted by Gasteiger charge is 2.13. The molecule has 0 aromatic carbocycles. The van der Waals surface area contributed by atoms with Crippen molar-refractivity contribution in [3.05, 3.63) is 60.8 Å². The minimum Gasteiger partial charge on any atom is -0.383 e. The fourth-order valence-corrected chi connectivity index (χ4v) is 1.84. The van der Waals surface area contributed by atoms with Crippen LogP contribution in [0.15, 0.2) is 55.2 Å². The molecule has 3 aromatic rings. The zero-order valence-corrected chi connectivity index (χ0v) is 11.5. The van der Waals surface area contributed by atoms with Crippen LogP contribution < -0.4 is 11.1 Å². The summed E-state index contributed by atoms with van der Waals surface area (Å²) >= 11 is 0. The van der Waals surface area contributed by atoms with E-state index in [1.165, 1.54) is 6.20 Å². The molecule has 3 rings (SSSR count). The molecule has 0 saturated carbocycles. The lowest BCUT2D eigenvalue weighted by molar-refractivity contribution is 0.102. The number of anilines is 2. The van der Waals surface area contributed by atoms with Gasteiger partial charge in [0.15, 0.2) is 5.82 Å². The van der Waals surface area contributed by atoms with Crippen molar-refractivity contribution in [2.45, 2.75) is 0 Å². The summed E-state index contributed by atoms with van der Waals surface area (Å²) in [7, 11) is 0. The lowest BCUT2D eigenvalue weighted by atomic mass is 10.2. The van der Waals surface area contributed by atoms with Gasteiger partial charge in [-0.05, 0) is 24.3 Å². The molecule has 0 bridgehead atoms. The first kappa shape index (κ1) is 13.6. The van der Waals surface area contributed by atoms with E-state index in [1.807, 2.05) is 6.07 Å². The van der Waals surface area contributed by atoms with Gasteiger partial charge in [-0.1, -0.05) is 0 Å². The molecule has 0 unspecified atom stereocenters. The number of aromatic nitrogens is 4. The normalized spacial score (nSPS) is 10.2. The number of nitrogens with one attached hydrogen (secondary N) is 1. The Bertz CT molecular complexity index is 792. The minimum atomic E-state index is -0.386. The van der Waals surface area contributed by atoms with Crippen LogP contribution in [0.4, 0.5) is 11.5 Å². The molecule has 7 heteroatoms. The first-order chi connectivity index (χ1) is 10.7. The Morgan fingerprint density at radius 3 is 2.45 bits per heavy atom. The van der Waals surface area contributed by atoms with Gasteiger partial charge in [0.05, 0.1) is 11.9 Å². The summed E-state index contributed by atoms with van der Waals surface area (Å²) in [6.07, 6.45) is 7.85. The highest BCUT2D eigenvalue weighted by atomic mass is 16.1. The number of pyridine rings is 2. The molecule has 1 amide bonds. The topological polar surface area (TPSA) is 107 Å². The van der Waals surface area contributed by atoms with Crippen molar-refractivity contribution in [2.24, 2.45) is 0 Å². The summed E-state index contributed by atoms with van der Waals surface area (Å²) in [6, 6.07) is 7.04. The zero-order valence-electron chi connectivity index (χ0n) is 11.5. The third-order valence-corrected chi connectivity index (χ3v) is 2.90. The van der Waals surface area contributed by atoms with E-state index in [0.717, 1.165) is 5.56 Å². The summed E-state index contributed by atoms with van der Waals surface area (Å²) in [6.45, 7) is 0. The van der Waals surface area contributed by atoms with Gasteiger partial charge in [-0.2, -0.15) is 0 Å². The number of carbonyl (C=O) groups is 1. The first-order valence-corrected chi connectivity index (χ1v) is 6.48. The van der Waals surface area contributed by atoms with Crippen LogP contribution in [0.25, 0.3) is 11.4 Å². The van der Waals surface area contributed by atoms with Gasteiger partial charge < -0.3 is 11.1 Å². The van der Waals surface area contributed by atoms with Gasteiger partial charge in [-0.15, -0.1) is 0 Å². The van der Waals surface area contributed by atoms with Crippen molar-refractivity contribution in [2.75, 3.05) is 11.1 Å². The largest absolute Gasteiger partial charge is 0.383 e. The molecule has 0 aliphatic rings. The summed E-state index contributed by atoms with van der Waals surface area (Å²) in [5.41, 5.74) is 7.37. The molecule has 22 heavy (non-hydrogen) atoms. The number of rotatable bonds is 3. The molecule has 0 aliphatic heterocycles. The monoisotopic (exact) mass is 292 g/mol. The van der Waals surface area contributed by atoms with Crippen molar-refractivity contribution >= 4 is 17.4 Å². The molecule has 3 aromatic heterocycles. The number of nitrogen functional groups attached to an aromatic ring is 1. The van der Waals surface area contributed by atoms with Crippen LogP contribution >= 0.6 is 0 Å². The first-order valence-electron chi connectivity index (χ1n) is 6.48. The summed E-state index contributed by atoms with van der Waals surface area (Å²) < 4.78 is 0. The molecule has 0 radical (unpaired) electrons. The average molecular weight is 292 g/mol. The number of hydrogen-bond acceptors (Lipinski definition) is 6. The second-order valence-corrected chi connectivity index (χ2v) is 4.43. The Hall–Kier alpha value is -3.35. The SMILES string of the molecule is Nc1nc(-c2cccnc2)ncc1C(=O)Nc1cccnc1. The van der Waals surface area contributed by atoms with Gasteiger partial charge in [0.1, 0.15) is 11.4 Å². The zero-order chi connectivity index (χ0) is 15.4. The molecule has 108 valence electrons. The van der Waals surface area contributed by atoms with Gasteiger partial charge in [-0.3, -0.25) is 14.8 Å². The standard InChI is InChI=1S/C15H12N6O/c16-13-12(15(22)20-11-4-2-6-18-8-11)9-19-14(21-13)10-3-1-5-17-7-10/h1-9H,(H,20,22)(H2,16,19,21). The average Bonchev–Trinajstić information content (AvgIpc) is 2.56. The molecule has 0 saturated heterocycles. The molecular formula is C15H12N6O. The van der Waals surface area contributed by atoms with Crippen LogP contribution in [0.1, 0.15) is 10.4 Å². The van der Waals surface area contributed by atoms with Crippen molar-refractivity contribution in [1.29, 1.82) is 0 Å². The highest BCUT2D eigenvalue weighted by Crippen LogP contribution is 2.17. The van der Waals surface area contributed by atoms with Crippen LogP contribution in [-0.4, -0.2) is 25.8 Å². The molecular weight excluding hydrogens is 280 g/mol. The van der Waals surface area contributed by atoms with Gasteiger partial charge >= 0.3 is 0 Å². The predicted octanol–water partition coefficient (Wildman–Crippen LogP) is 1.77. The molecule has 0 fully saturated rings. The van der Waals surface area contributed by atoms with E-state index < -0.39 is 0 Å². The van der Waals surface area contributed by atoms with E-state index in [0.29, 0.717) is 11.5 Å². The third-order valence-electron chi connectivity index (χ3n) is 2.90. The Morgan fingerprint density at radius 2 is 1.82 bits per heavy atom. The molecule has 3 heterocycles. The van der Waals surface area contributed by atoms with E-state index in [4.69, 9.17) is 5.73 Å². The van der Waals surface area contributed by atoms with E-state index in [1.54, 1.807) is 43.0 Å². The van der Waals surface area contributed by atoms with Crippen LogP contribution in [0.5, 0.6) is 0 Å². The molecule has 0 atom stereocenters. The second-order valence-electron chi connectivity index (χ2n) is 4.43. The lowest BCUT2D eigenvalue weighted by Gasteiger charge is -2.07. The maximum Gasteiger partial charge on any atom is 0.261 e. The quantitative estimate of drug-likeness (QED) is 0.762. The van der Waals surface area contributed by atoms with Crippen LogP contribution in [-0.2, 0) is 0 Å². The van der Waals surface area contributed by atoms with Gasteiger partial charge in [0.25, 0.3) is 5.91 Å². The number of amides is 1. The van der Waals surface area contributed by atoms with Crippen molar-refractivity contribution in [3.8, 4) is 11.4 Å². The lowest BCUT2D eigenvalue weighted by Crippen LogP contribution is -2.15. The molecule has 3 N–H and O–H groups in total. The summed E-state index contributed by atoms with van der Waals surface area (Å²) in [5.74, 6) is 0.141. The van der Waals surface area contributed by atoms with Gasteiger partial charge in [0.2, 0.25) is 0 Å². The Morgan fingerprint density at radius 1 is 1.05 bits per heavy atom. The number of nitrogens with two attached hydrogens (primary N) is 1. The number of hydrogen-bond donors (Lipinski definition) is 2. The fourth-order valence-electron chi connectivity index (χ4n) is 1.84. The van der Waals surface area contributed by atoms with Crippen molar-refractivity contribution < 1.29 is 4.79 Å². The second kappa shape index (κ2) is 5.96. The van der Waals surface area contributed by atoms with E-state index >= 15 is 0 Å². The molecule has 0 aliphatic carbocycles. The van der Waals surface area contributed by atoms with Crippen LogP contribution in [0.2, 0.25) is 0 Å². The Labute approximate surface area is 126 Å². The van der Waals surface area contributed by atoms with Gasteiger partial charge in [0, 0.05) is 30.4 Å². The maximum atomic E-state index is 12.2. The van der Waals surface area contributed by atoms with E-state index in [2.05, 4.69) is 25.3 Å². The van der Waals surface area contributed by atoms with Crippen LogP contribution in [0.3, 0.4) is 0 Å².